The number of hydrogen-bond acceptors (Lipinski definition) is 1. The highest BCUT2D eigenvalue weighted by atomic mass is 35.5. The number of carbonyl (C=O) groups excluding carboxylic acids is 1. The average Bonchev–Trinajstić information content (AvgIpc) is 2.04. The van der Waals surface area contributed by atoms with Gasteiger partial charge in [0, 0.05) is 25.4 Å². The number of carbonyl (C=O) groups is 1. The molecule has 0 radical (unpaired) electrons. The van der Waals surface area contributed by atoms with E-state index in [2.05, 4.69) is 13.8 Å². The number of rotatable bonds is 6. The Morgan fingerprint density at radius 3 is 2.46 bits per heavy atom. The molecule has 0 aromatic carbocycles. The first-order chi connectivity index (χ1) is 6.11. The summed E-state index contributed by atoms with van der Waals surface area (Å²) in [5.74, 6) is 1.33. The van der Waals surface area contributed by atoms with Crippen LogP contribution < -0.4 is 0 Å². The summed E-state index contributed by atoms with van der Waals surface area (Å²) in [6.45, 7) is 7.72. The van der Waals surface area contributed by atoms with Gasteiger partial charge in [0.15, 0.2) is 0 Å². The number of alkyl halides is 1. The predicted molar refractivity (Wildman–Crippen MR) is 57.0 cm³/mol. The van der Waals surface area contributed by atoms with Crippen molar-refractivity contribution in [2.75, 3.05) is 19.0 Å². The summed E-state index contributed by atoms with van der Waals surface area (Å²) in [6.07, 6.45) is 1.54. The van der Waals surface area contributed by atoms with Gasteiger partial charge >= 0.3 is 0 Å². The average molecular weight is 206 g/mol. The van der Waals surface area contributed by atoms with Gasteiger partial charge in [-0.05, 0) is 19.3 Å². The molecule has 78 valence electrons. The molecule has 0 unspecified atom stereocenters. The molecule has 0 aromatic heterocycles. The van der Waals surface area contributed by atoms with E-state index in [9.17, 15) is 4.79 Å². The smallest absolute Gasteiger partial charge is 0.222 e. The Labute approximate surface area is 86.2 Å². The minimum Gasteiger partial charge on any atom is -0.343 e. The van der Waals surface area contributed by atoms with Gasteiger partial charge in [0.1, 0.15) is 0 Å². The van der Waals surface area contributed by atoms with Gasteiger partial charge in [0.25, 0.3) is 0 Å². The zero-order chi connectivity index (χ0) is 10.3. The van der Waals surface area contributed by atoms with Gasteiger partial charge in [0.05, 0.1) is 0 Å². The topological polar surface area (TPSA) is 20.3 Å². The SMILES string of the molecule is CCN(CCCCl)C(=O)CC(C)C. The van der Waals surface area contributed by atoms with Crippen LogP contribution >= 0.6 is 11.6 Å². The van der Waals surface area contributed by atoms with Gasteiger partial charge in [0.2, 0.25) is 5.91 Å². The zero-order valence-corrected chi connectivity index (χ0v) is 9.60. The molecule has 0 atom stereocenters. The lowest BCUT2D eigenvalue weighted by Gasteiger charge is -2.21. The molecule has 0 spiro atoms. The third kappa shape index (κ3) is 5.92. The molecule has 0 aliphatic heterocycles. The lowest BCUT2D eigenvalue weighted by Crippen LogP contribution is -2.32. The minimum atomic E-state index is 0.252. The van der Waals surface area contributed by atoms with Crippen LogP contribution in [0.15, 0.2) is 0 Å². The van der Waals surface area contributed by atoms with E-state index in [1.165, 1.54) is 0 Å². The van der Waals surface area contributed by atoms with Crippen molar-refractivity contribution in [3.8, 4) is 0 Å². The zero-order valence-electron chi connectivity index (χ0n) is 8.85. The van der Waals surface area contributed by atoms with Crippen molar-refractivity contribution in [1.82, 2.24) is 4.90 Å². The van der Waals surface area contributed by atoms with Crippen molar-refractivity contribution in [2.45, 2.75) is 33.6 Å². The molecule has 0 saturated carbocycles. The van der Waals surface area contributed by atoms with E-state index in [1.54, 1.807) is 0 Å². The summed E-state index contributed by atoms with van der Waals surface area (Å²) in [5.41, 5.74) is 0. The van der Waals surface area contributed by atoms with Crippen LogP contribution in [0, 0.1) is 5.92 Å². The Balaban J connectivity index is 3.84. The van der Waals surface area contributed by atoms with Gasteiger partial charge in [-0.1, -0.05) is 13.8 Å². The summed E-state index contributed by atoms with van der Waals surface area (Å²) in [6, 6.07) is 0. The molecule has 0 aromatic rings. The summed E-state index contributed by atoms with van der Waals surface area (Å²) in [5, 5.41) is 0. The van der Waals surface area contributed by atoms with Crippen molar-refractivity contribution in [1.29, 1.82) is 0 Å². The first kappa shape index (κ1) is 12.8. The Kier molecular flexibility index (Phi) is 7.06. The maximum absolute atomic E-state index is 11.6. The summed E-state index contributed by atoms with van der Waals surface area (Å²) >= 11 is 5.58. The van der Waals surface area contributed by atoms with Crippen LogP contribution in [0.25, 0.3) is 0 Å². The molecular weight excluding hydrogens is 186 g/mol. The molecule has 0 aliphatic carbocycles. The lowest BCUT2D eigenvalue weighted by atomic mass is 10.1. The third-order valence-electron chi connectivity index (χ3n) is 1.88. The van der Waals surface area contributed by atoms with E-state index in [1.807, 2.05) is 11.8 Å². The summed E-state index contributed by atoms with van der Waals surface area (Å²) < 4.78 is 0. The van der Waals surface area contributed by atoms with E-state index < -0.39 is 0 Å². The van der Waals surface area contributed by atoms with Crippen LogP contribution in [-0.2, 0) is 4.79 Å². The summed E-state index contributed by atoms with van der Waals surface area (Å²) in [7, 11) is 0. The Morgan fingerprint density at radius 1 is 1.46 bits per heavy atom. The van der Waals surface area contributed by atoms with Crippen molar-refractivity contribution in [3.63, 3.8) is 0 Å². The highest BCUT2D eigenvalue weighted by molar-refractivity contribution is 6.17. The number of amides is 1. The molecule has 2 nitrogen and oxygen atoms in total. The maximum Gasteiger partial charge on any atom is 0.222 e. The van der Waals surface area contributed by atoms with Crippen LogP contribution in [0.3, 0.4) is 0 Å². The fourth-order valence-electron chi connectivity index (χ4n) is 1.19. The molecule has 1 amide bonds. The first-order valence-corrected chi connectivity index (χ1v) is 5.49. The second-order valence-electron chi connectivity index (χ2n) is 3.61. The number of nitrogens with zero attached hydrogens (tertiary/aromatic N) is 1. The minimum absolute atomic E-state index is 0.252. The van der Waals surface area contributed by atoms with Crippen LogP contribution in [0.1, 0.15) is 33.6 Å². The van der Waals surface area contributed by atoms with Crippen molar-refractivity contribution in [3.05, 3.63) is 0 Å². The Bertz CT molecular complexity index is 148. The Morgan fingerprint density at radius 2 is 2.08 bits per heavy atom. The molecule has 0 rings (SSSR count). The molecule has 13 heavy (non-hydrogen) atoms. The molecule has 0 N–H and O–H groups in total. The van der Waals surface area contributed by atoms with Crippen LogP contribution in [0.4, 0.5) is 0 Å². The molecule has 0 aliphatic rings. The third-order valence-corrected chi connectivity index (χ3v) is 2.15. The van der Waals surface area contributed by atoms with E-state index in [0.717, 1.165) is 19.5 Å². The Hall–Kier alpha value is -0.240. The van der Waals surface area contributed by atoms with Crippen molar-refractivity contribution < 1.29 is 4.79 Å². The fraction of sp³-hybridized carbons (Fsp3) is 0.900. The predicted octanol–water partition coefficient (Wildman–Crippen LogP) is 2.51. The van der Waals surface area contributed by atoms with Crippen LogP contribution in [0.2, 0.25) is 0 Å². The molecule has 0 fully saturated rings. The quantitative estimate of drug-likeness (QED) is 0.611. The fourth-order valence-corrected chi connectivity index (χ4v) is 1.31. The van der Waals surface area contributed by atoms with E-state index in [4.69, 9.17) is 11.6 Å². The normalized spacial score (nSPS) is 10.5. The van der Waals surface area contributed by atoms with Crippen LogP contribution in [0.5, 0.6) is 0 Å². The second-order valence-corrected chi connectivity index (χ2v) is 3.99. The van der Waals surface area contributed by atoms with E-state index in [-0.39, 0.29) is 5.91 Å². The van der Waals surface area contributed by atoms with Gasteiger partial charge in [-0.2, -0.15) is 0 Å². The highest BCUT2D eigenvalue weighted by Gasteiger charge is 2.11. The maximum atomic E-state index is 11.6. The summed E-state index contributed by atoms with van der Waals surface area (Å²) in [4.78, 5) is 13.5. The number of halogens is 1. The largest absolute Gasteiger partial charge is 0.343 e. The van der Waals surface area contributed by atoms with Gasteiger partial charge in [-0.3, -0.25) is 4.79 Å². The van der Waals surface area contributed by atoms with Gasteiger partial charge in [-0.25, -0.2) is 0 Å². The van der Waals surface area contributed by atoms with Gasteiger partial charge in [-0.15, -0.1) is 11.6 Å². The van der Waals surface area contributed by atoms with Gasteiger partial charge < -0.3 is 4.90 Å². The highest BCUT2D eigenvalue weighted by Crippen LogP contribution is 2.04. The standard InChI is InChI=1S/C10H20ClNO/c1-4-12(7-5-6-11)10(13)8-9(2)3/h9H,4-8H2,1-3H3. The molecule has 0 bridgehead atoms. The van der Waals surface area contributed by atoms with Crippen molar-refractivity contribution >= 4 is 17.5 Å². The molecule has 3 heteroatoms. The molecular formula is C10H20ClNO. The van der Waals surface area contributed by atoms with Crippen LogP contribution in [-0.4, -0.2) is 29.8 Å². The number of hydrogen-bond donors (Lipinski definition) is 0. The van der Waals surface area contributed by atoms with E-state index in [0.29, 0.717) is 18.2 Å². The monoisotopic (exact) mass is 205 g/mol. The first-order valence-electron chi connectivity index (χ1n) is 4.95. The van der Waals surface area contributed by atoms with Crippen molar-refractivity contribution in [2.24, 2.45) is 5.92 Å². The second kappa shape index (κ2) is 7.19. The van der Waals surface area contributed by atoms with E-state index >= 15 is 0 Å². The molecule has 0 saturated heterocycles. The lowest BCUT2D eigenvalue weighted by molar-refractivity contribution is -0.131. The molecule has 0 heterocycles.